The molecular weight excluding hydrogens is 506 g/mol. The van der Waals surface area contributed by atoms with Gasteiger partial charge in [0.05, 0.1) is 18.6 Å². The number of likely N-dealkylation sites (tertiary alicyclic amines) is 1. The van der Waals surface area contributed by atoms with Crippen molar-refractivity contribution >= 4 is 11.9 Å². The van der Waals surface area contributed by atoms with Crippen molar-refractivity contribution in [3.8, 4) is 0 Å². The maximum Gasteiger partial charge on any atom is 0.194 e. The van der Waals surface area contributed by atoms with Crippen molar-refractivity contribution in [2.75, 3.05) is 39.3 Å². The van der Waals surface area contributed by atoms with Crippen molar-refractivity contribution in [2.24, 2.45) is 16.6 Å². The summed E-state index contributed by atoms with van der Waals surface area (Å²) in [6, 6.07) is 23.0. The Morgan fingerprint density at radius 3 is 2.22 bits per heavy atom. The number of nitrogens with two attached hydrogens (primary N) is 1. The smallest absolute Gasteiger partial charge is 0.194 e. The largest absolute Gasteiger partial charge is 0.370 e. The zero-order chi connectivity index (χ0) is 28.8. The van der Waals surface area contributed by atoms with Gasteiger partial charge in [0, 0.05) is 38.3 Å². The monoisotopic (exact) mass is 557 g/mol. The standard InChI is InChI=1S/C34H51N7/c1-4-5-19-39-31(21-28-15-10-7-11-16-28)24-41(34(39)36)32(26(2)3)25-38-18-12-17-29(38)23-40-30(22-37-33(40)35)20-27-13-8-6-9-14-27/h6-11,13-16,26,29-32,36H,4-5,12,17-25H2,1-3H3,(H2,35,37). The van der Waals surface area contributed by atoms with Crippen molar-refractivity contribution < 1.29 is 0 Å². The lowest BCUT2D eigenvalue weighted by molar-refractivity contribution is 0.136. The average molecular weight is 558 g/mol. The van der Waals surface area contributed by atoms with Gasteiger partial charge in [-0.05, 0) is 55.7 Å². The second-order valence-electron chi connectivity index (χ2n) is 12.7. The quantitative estimate of drug-likeness (QED) is 0.374. The summed E-state index contributed by atoms with van der Waals surface area (Å²) in [5, 5.41) is 9.32. The molecule has 2 aromatic rings. The minimum absolute atomic E-state index is 0.317. The molecule has 0 spiro atoms. The fourth-order valence-corrected chi connectivity index (χ4v) is 7.08. The van der Waals surface area contributed by atoms with E-state index < -0.39 is 0 Å². The molecule has 0 radical (unpaired) electrons. The maximum atomic E-state index is 9.32. The summed E-state index contributed by atoms with van der Waals surface area (Å²) in [7, 11) is 0. The number of nitrogens with zero attached hydrogens (tertiary/aromatic N) is 5. The fraction of sp³-hybridized carbons (Fsp3) is 0.588. The Labute approximate surface area is 247 Å². The number of guanidine groups is 2. The molecular formula is C34H51N7. The predicted molar refractivity (Wildman–Crippen MR) is 170 cm³/mol. The van der Waals surface area contributed by atoms with Crippen LogP contribution in [0.25, 0.3) is 0 Å². The van der Waals surface area contributed by atoms with Crippen LogP contribution in [0.1, 0.15) is 57.6 Å². The van der Waals surface area contributed by atoms with Gasteiger partial charge in [0.2, 0.25) is 0 Å². The third-order valence-electron chi connectivity index (χ3n) is 9.47. The van der Waals surface area contributed by atoms with Gasteiger partial charge >= 0.3 is 0 Å². The van der Waals surface area contributed by atoms with Crippen LogP contribution in [0.4, 0.5) is 0 Å². The van der Waals surface area contributed by atoms with Gasteiger partial charge in [-0.15, -0.1) is 0 Å². The Bertz CT molecular complexity index is 1130. The highest BCUT2D eigenvalue weighted by atomic mass is 15.5. The topological polar surface area (TPSA) is 75.2 Å². The number of hydrogen-bond donors (Lipinski definition) is 2. The lowest BCUT2D eigenvalue weighted by Gasteiger charge is -2.39. The first-order valence-electron chi connectivity index (χ1n) is 15.9. The molecule has 0 aromatic heterocycles. The van der Waals surface area contributed by atoms with Gasteiger partial charge in [0.1, 0.15) is 0 Å². The van der Waals surface area contributed by atoms with Crippen LogP contribution in [0.3, 0.4) is 0 Å². The van der Waals surface area contributed by atoms with Crippen LogP contribution < -0.4 is 5.73 Å². The minimum Gasteiger partial charge on any atom is -0.370 e. The third-order valence-corrected chi connectivity index (χ3v) is 9.47. The first kappa shape index (κ1) is 29.4. The molecule has 4 atom stereocenters. The van der Waals surface area contributed by atoms with Crippen molar-refractivity contribution in [3.63, 3.8) is 0 Å². The molecule has 0 saturated carbocycles. The van der Waals surface area contributed by atoms with Crippen molar-refractivity contribution in [1.29, 1.82) is 5.41 Å². The second kappa shape index (κ2) is 13.7. The van der Waals surface area contributed by atoms with Gasteiger partial charge < -0.3 is 20.4 Å². The van der Waals surface area contributed by atoms with Gasteiger partial charge in [-0.2, -0.15) is 0 Å². The lowest BCUT2D eigenvalue weighted by atomic mass is 10.0. The number of rotatable bonds is 13. The maximum absolute atomic E-state index is 9.32. The number of hydrogen-bond acceptors (Lipinski definition) is 5. The summed E-state index contributed by atoms with van der Waals surface area (Å²) in [6.07, 6.45) is 6.68. The molecule has 0 bridgehead atoms. The van der Waals surface area contributed by atoms with E-state index in [9.17, 15) is 5.41 Å². The summed E-state index contributed by atoms with van der Waals surface area (Å²) in [6.45, 7) is 12.7. The highest BCUT2D eigenvalue weighted by molar-refractivity contribution is 5.80. The van der Waals surface area contributed by atoms with Crippen LogP contribution in [0, 0.1) is 11.3 Å². The van der Waals surface area contributed by atoms with Crippen LogP contribution >= 0.6 is 0 Å². The highest BCUT2D eigenvalue weighted by Crippen LogP contribution is 2.28. The van der Waals surface area contributed by atoms with E-state index >= 15 is 0 Å². The Balaban J connectivity index is 1.27. The summed E-state index contributed by atoms with van der Waals surface area (Å²) >= 11 is 0. The molecule has 3 heterocycles. The Kier molecular flexibility index (Phi) is 9.86. The van der Waals surface area contributed by atoms with E-state index in [0.29, 0.717) is 36.0 Å². The van der Waals surface area contributed by atoms with Crippen LogP contribution in [0.15, 0.2) is 65.7 Å². The highest BCUT2D eigenvalue weighted by Gasteiger charge is 2.41. The van der Waals surface area contributed by atoms with Crippen molar-refractivity contribution in [2.45, 2.75) is 83.5 Å². The second-order valence-corrected chi connectivity index (χ2v) is 12.7. The molecule has 0 amide bonds. The SMILES string of the molecule is CCCCN1C(=N)N(C(CN2CCCC2CN2C(N)=NCC2Cc2ccccc2)C(C)C)CC1Cc1ccccc1. The van der Waals surface area contributed by atoms with Crippen molar-refractivity contribution in [1.82, 2.24) is 19.6 Å². The predicted octanol–water partition coefficient (Wildman–Crippen LogP) is 4.68. The third kappa shape index (κ3) is 7.06. The average Bonchev–Trinajstić information content (AvgIpc) is 3.65. The van der Waals surface area contributed by atoms with Crippen LogP contribution in [0.2, 0.25) is 0 Å². The summed E-state index contributed by atoms with van der Waals surface area (Å²) in [5.74, 6) is 1.90. The molecule has 3 aliphatic rings. The normalized spacial score (nSPS) is 24.1. The van der Waals surface area contributed by atoms with E-state index in [2.05, 4.69) is 106 Å². The number of nitrogens with one attached hydrogen (secondary N) is 1. The molecule has 222 valence electrons. The molecule has 41 heavy (non-hydrogen) atoms. The van der Waals surface area contributed by atoms with Gasteiger partial charge in [0.25, 0.3) is 0 Å². The molecule has 7 heteroatoms. The summed E-state index contributed by atoms with van der Waals surface area (Å²) in [4.78, 5) is 14.6. The van der Waals surface area contributed by atoms with Gasteiger partial charge in [-0.25, -0.2) is 0 Å². The summed E-state index contributed by atoms with van der Waals surface area (Å²) in [5.41, 5.74) is 9.18. The first-order valence-corrected chi connectivity index (χ1v) is 15.9. The van der Waals surface area contributed by atoms with E-state index in [4.69, 9.17) is 5.73 Å². The van der Waals surface area contributed by atoms with Gasteiger partial charge in [-0.1, -0.05) is 87.9 Å². The van der Waals surface area contributed by atoms with Gasteiger partial charge in [0.15, 0.2) is 11.9 Å². The number of unbranched alkanes of at least 4 members (excludes halogenated alkanes) is 1. The molecule has 7 nitrogen and oxygen atoms in total. The molecule has 2 aromatic carbocycles. The Hall–Kier alpha value is -3.06. The van der Waals surface area contributed by atoms with E-state index in [1.165, 1.54) is 24.0 Å². The minimum atomic E-state index is 0.317. The summed E-state index contributed by atoms with van der Waals surface area (Å²) < 4.78 is 0. The molecule has 4 unspecified atom stereocenters. The van der Waals surface area contributed by atoms with Gasteiger partial charge in [-0.3, -0.25) is 15.3 Å². The number of benzene rings is 2. The van der Waals surface area contributed by atoms with Crippen LogP contribution in [-0.4, -0.2) is 95.0 Å². The Morgan fingerprint density at radius 2 is 1.59 bits per heavy atom. The van der Waals surface area contributed by atoms with Crippen LogP contribution in [0.5, 0.6) is 0 Å². The lowest BCUT2D eigenvalue weighted by Crippen LogP contribution is -2.53. The number of aliphatic imine (C=N–C) groups is 1. The molecule has 2 fully saturated rings. The van der Waals surface area contributed by atoms with E-state index in [-0.39, 0.29) is 0 Å². The molecule has 3 aliphatic heterocycles. The zero-order valence-electron chi connectivity index (χ0n) is 25.5. The Morgan fingerprint density at radius 1 is 0.927 bits per heavy atom. The fourth-order valence-electron chi connectivity index (χ4n) is 7.08. The van der Waals surface area contributed by atoms with E-state index in [0.717, 1.165) is 70.9 Å². The molecule has 0 aliphatic carbocycles. The van der Waals surface area contributed by atoms with E-state index in [1.54, 1.807) is 0 Å². The molecule has 3 N–H and O–H groups in total. The van der Waals surface area contributed by atoms with Crippen molar-refractivity contribution in [3.05, 3.63) is 71.8 Å². The zero-order valence-corrected chi connectivity index (χ0v) is 25.5. The first-order chi connectivity index (χ1) is 19.9. The molecule has 5 rings (SSSR count). The van der Waals surface area contributed by atoms with Crippen LogP contribution in [-0.2, 0) is 12.8 Å². The molecule has 2 saturated heterocycles. The van der Waals surface area contributed by atoms with E-state index in [1.807, 2.05) is 0 Å².